The van der Waals surface area contributed by atoms with Crippen LogP contribution in [0.2, 0.25) is 0 Å². The van der Waals surface area contributed by atoms with Crippen molar-refractivity contribution in [3.8, 4) is 28.8 Å². The van der Waals surface area contributed by atoms with Crippen molar-refractivity contribution >= 4 is 5.82 Å². The molecular formula is C22H20F2N4O2. The second kappa shape index (κ2) is 8.03. The van der Waals surface area contributed by atoms with Crippen LogP contribution in [0.1, 0.15) is 29.6 Å². The Morgan fingerprint density at radius 1 is 1.10 bits per heavy atom. The molecule has 0 amide bonds. The Hall–Kier alpha value is -3.60. The first-order valence-corrected chi connectivity index (χ1v) is 9.40. The number of aromatic nitrogens is 2. The van der Waals surface area contributed by atoms with Crippen molar-refractivity contribution in [3.63, 3.8) is 0 Å². The van der Waals surface area contributed by atoms with E-state index in [9.17, 15) is 8.78 Å². The number of ether oxygens (including phenoxy) is 2. The van der Waals surface area contributed by atoms with E-state index in [1.165, 1.54) is 11.8 Å². The number of nitriles is 1. The average molecular weight is 410 g/mol. The Balaban J connectivity index is 1.69. The molecule has 1 aliphatic rings. The van der Waals surface area contributed by atoms with Crippen LogP contribution < -0.4 is 14.8 Å². The Labute approximate surface area is 172 Å². The molecule has 0 spiro atoms. The maximum absolute atomic E-state index is 13.9. The molecule has 0 aliphatic carbocycles. The number of benzene rings is 2. The van der Waals surface area contributed by atoms with Gasteiger partial charge < -0.3 is 14.8 Å². The largest absolute Gasteiger partial charge is 0.493 e. The number of hydrogen-bond donors (Lipinski definition) is 1. The lowest BCUT2D eigenvalue weighted by atomic mass is 9.97. The summed E-state index contributed by atoms with van der Waals surface area (Å²) in [5.74, 6) is 1.64. The molecule has 154 valence electrons. The molecule has 1 aromatic heterocycles. The van der Waals surface area contributed by atoms with Crippen LogP contribution in [0, 0.1) is 11.3 Å². The maximum atomic E-state index is 13.9. The van der Waals surface area contributed by atoms with Crippen molar-refractivity contribution < 1.29 is 18.3 Å². The summed E-state index contributed by atoms with van der Waals surface area (Å²) < 4.78 is 39.8. The van der Waals surface area contributed by atoms with Gasteiger partial charge in [0.25, 0.3) is 6.43 Å². The quantitative estimate of drug-likeness (QED) is 0.654. The first-order valence-electron chi connectivity index (χ1n) is 9.40. The van der Waals surface area contributed by atoms with Crippen LogP contribution in [0.25, 0.3) is 11.3 Å². The molecule has 4 rings (SSSR count). The smallest absolute Gasteiger partial charge is 0.260 e. The van der Waals surface area contributed by atoms with Crippen molar-refractivity contribution in [2.75, 3.05) is 19.5 Å². The van der Waals surface area contributed by atoms with E-state index in [0.717, 1.165) is 11.1 Å². The molecular weight excluding hydrogens is 390 g/mol. The molecule has 2 atom stereocenters. The van der Waals surface area contributed by atoms with Gasteiger partial charge in [0, 0.05) is 11.6 Å². The molecule has 1 aliphatic heterocycles. The van der Waals surface area contributed by atoms with Crippen LogP contribution in [-0.2, 0) is 0 Å². The molecule has 1 N–H and O–H groups in total. The number of alkyl halides is 2. The lowest BCUT2D eigenvalue weighted by Crippen LogP contribution is -2.30. The van der Waals surface area contributed by atoms with Gasteiger partial charge in [-0.2, -0.15) is 10.4 Å². The van der Waals surface area contributed by atoms with Gasteiger partial charge in [-0.25, -0.2) is 13.5 Å². The SMILES string of the molecule is COc1ccc(C2CC(C(F)F)n3nc(-c4ccc(C#N)cc4)cc3N2)cc1OC. The van der Waals surface area contributed by atoms with Gasteiger partial charge in [-0.15, -0.1) is 0 Å². The number of fused-ring (bicyclic) bond motifs is 1. The molecule has 0 saturated carbocycles. The summed E-state index contributed by atoms with van der Waals surface area (Å²) in [4.78, 5) is 0. The standard InChI is InChI=1S/C22H20F2N4O2/c1-29-19-8-7-15(9-20(19)30-2)16-10-18(22(23)24)28-21(26-16)11-17(27-28)14-5-3-13(12-25)4-6-14/h3-9,11,16,18,22,26H,10H2,1-2H3. The fourth-order valence-corrected chi connectivity index (χ4v) is 3.69. The molecule has 2 unspecified atom stereocenters. The number of methoxy groups -OCH3 is 2. The van der Waals surface area contributed by atoms with E-state index in [0.29, 0.717) is 28.6 Å². The fourth-order valence-electron chi connectivity index (χ4n) is 3.69. The number of anilines is 1. The van der Waals surface area contributed by atoms with E-state index in [1.54, 1.807) is 49.6 Å². The molecule has 6 nitrogen and oxygen atoms in total. The number of rotatable bonds is 5. The lowest BCUT2D eigenvalue weighted by molar-refractivity contribution is 0.0659. The number of nitrogens with one attached hydrogen (secondary N) is 1. The molecule has 0 radical (unpaired) electrons. The summed E-state index contributed by atoms with van der Waals surface area (Å²) in [6.45, 7) is 0. The zero-order chi connectivity index (χ0) is 21.3. The highest BCUT2D eigenvalue weighted by molar-refractivity contribution is 5.65. The second-order valence-electron chi connectivity index (χ2n) is 7.00. The number of nitrogens with zero attached hydrogens (tertiary/aromatic N) is 3. The van der Waals surface area contributed by atoms with Crippen LogP contribution in [0.4, 0.5) is 14.6 Å². The minimum absolute atomic E-state index is 0.175. The Morgan fingerprint density at radius 3 is 2.47 bits per heavy atom. The summed E-state index contributed by atoms with van der Waals surface area (Å²) in [6.07, 6.45) is -2.39. The molecule has 0 fully saturated rings. The first-order chi connectivity index (χ1) is 14.5. The molecule has 2 aromatic carbocycles. The summed E-state index contributed by atoms with van der Waals surface area (Å²) in [7, 11) is 3.09. The van der Waals surface area contributed by atoms with E-state index >= 15 is 0 Å². The van der Waals surface area contributed by atoms with Gasteiger partial charge in [0.05, 0.1) is 37.6 Å². The van der Waals surface area contributed by atoms with E-state index in [1.807, 2.05) is 6.07 Å². The van der Waals surface area contributed by atoms with Gasteiger partial charge in [0.1, 0.15) is 11.9 Å². The van der Waals surface area contributed by atoms with Crippen LogP contribution in [-0.4, -0.2) is 30.4 Å². The topological polar surface area (TPSA) is 72.1 Å². The molecule has 2 heterocycles. The zero-order valence-electron chi connectivity index (χ0n) is 16.5. The summed E-state index contributed by atoms with van der Waals surface area (Å²) in [5.41, 5.74) is 2.68. The minimum Gasteiger partial charge on any atom is -0.493 e. The second-order valence-corrected chi connectivity index (χ2v) is 7.00. The predicted molar refractivity (Wildman–Crippen MR) is 108 cm³/mol. The van der Waals surface area contributed by atoms with Gasteiger partial charge in [0.2, 0.25) is 0 Å². The van der Waals surface area contributed by atoms with Crippen LogP contribution in [0.5, 0.6) is 11.5 Å². The Morgan fingerprint density at radius 2 is 1.83 bits per heavy atom. The molecule has 3 aromatic rings. The van der Waals surface area contributed by atoms with Crippen molar-refractivity contribution in [2.45, 2.75) is 24.9 Å². The number of hydrogen-bond acceptors (Lipinski definition) is 5. The van der Waals surface area contributed by atoms with Gasteiger partial charge in [-0.05, 0) is 36.2 Å². The van der Waals surface area contributed by atoms with Crippen LogP contribution in [0.3, 0.4) is 0 Å². The third kappa shape index (κ3) is 3.54. The van der Waals surface area contributed by atoms with Crippen LogP contribution in [0.15, 0.2) is 48.5 Å². The zero-order valence-corrected chi connectivity index (χ0v) is 16.5. The van der Waals surface area contributed by atoms with E-state index in [-0.39, 0.29) is 12.5 Å². The average Bonchev–Trinajstić information content (AvgIpc) is 3.22. The van der Waals surface area contributed by atoms with Crippen molar-refractivity contribution in [1.82, 2.24) is 9.78 Å². The molecule has 30 heavy (non-hydrogen) atoms. The molecule has 8 heteroatoms. The third-order valence-corrected chi connectivity index (χ3v) is 5.26. The minimum atomic E-state index is -2.57. The summed E-state index contributed by atoms with van der Waals surface area (Å²) in [5, 5.41) is 16.7. The van der Waals surface area contributed by atoms with E-state index in [2.05, 4.69) is 16.5 Å². The lowest BCUT2D eigenvalue weighted by Gasteiger charge is -2.32. The molecule has 0 saturated heterocycles. The van der Waals surface area contributed by atoms with Gasteiger partial charge in [-0.1, -0.05) is 18.2 Å². The van der Waals surface area contributed by atoms with E-state index in [4.69, 9.17) is 14.7 Å². The van der Waals surface area contributed by atoms with E-state index < -0.39 is 12.5 Å². The van der Waals surface area contributed by atoms with Crippen molar-refractivity contribution in [2.24, 2.45) is 0 Å². The molecule has 0 bridgehead atoms. The Bertz CT molecular complexity index is 1090. The van der Waals surface area contributed by atoms with Crippen molar-refractivity contribution in [1.29, 1.82) is 5.26 Å². The Kier molecular flexibility index (Phi) is 5.27. The highest BCUT2D eigenvalue weighted by Crippen LogP contribution is 2.41. The summed E-state index contributed by atoms with van der Waals surface area (Å²) in [6, 6.07) is 14.7. The number of halogens is 2. The monoisotopic (exact) mass is 410 g/mol. The third-order valence-electron chi connectivity index (χ3n) is 5.26. The first kappa shape index (κ1) is 19.7. The summed E-state index contributed by atoms with van der Waals surface area (Å²) >= 11 is 0. The highest BCUT2D eigenvalue weighted by Gasteiger charge is 2.35. The predicted octanol–water partition coefficient (Wildman–Crippen LogP) is 4.80. The van der Waals surface area contributed by atoms with Gasteiger partial charge in [0.15, 0.2) is 11.5 Å². The normalized spacial score (nSPS) is 17.7. The highest BCUT2D eigenvalue weighted by atomic mass is 19.3. The fraction of sp³-hybridized carbons (Fsp3) is 0.273. The van der Waals surface area contributed by atoms with Crippen LogP contribution >= 0.6 is 0 Å². The maximum Gasteiger partial charge on any atom is 0.260 e. The van der Waals surface area contributed by atoms with Gasteiger partial charge >= 0.3 is 0 Å². The van der Waals surface area contributed by atoms with Crippen molar-refractivity contribution in [3.05, 3.63) is 59.7 Å². The van der Waals surface area contributed by atoms with Gasteiger partial charge in [-0.3, -0.25) is 0 Å².